The van der Waals surface area contributed by atoms with Crippen LogP contribution < -0.4 is 10.6 Å². The fourth-order valence-electron chi connectivity index (χ4n) is 3.62. The number of hydrogen-bond donors (Lipinski definition) is 1. The van der Waals surface area contributed by atoms with Gasteiger partial charge >= 0.3 is 0 Å². The summed E-state index contributed by atoms with van der Waals surface area (Å²) in [6.45, 7) is 4.04. The number of hydrogen-bond acceptors (Lipinski definition) is 4. The summed E-state index contributed by atoms with van der Waals surface area (Å²) >= 11 is 0. The predicted molar refractivity (Wildman–Crippen MR) is 93.6 cm³/mol. The number of halogens is 1. The molecule has 2 heterocycles. The lowest BCUT2D eigenvalue weighted by atomic mass is 10.0. The van der Waals surface area contributed by atoms with Gasteiger partial charge in [-0.2, -0.15) is 0 Å². The van der Waals surface area contributed by atoms with Gasteiger partial charge in [-0.1, -0.05) is 0 Å². The fraction of sp³-hybridized carbons (Fsp3) is 0.556. The van der Waals surface area contributed by atoms with Gasteiger partial charge in [0.25, 0.3) is 0 Å². The summed E-state index contributed by atoms with van der Waals surface area (Å²) < 4.78 is 13.0. The highest BCUT2D eigenvalue weighted by molar-refractivity contribution is 5.87. The molecule has 2 fully saturated rings. The van der Waals surface area contributed by atoms with Gasteiger partial charge in [-0.05, 0) is 43.5 Å². The van der Waals surface area contributed by atoms with Crippen molar-refractivity contribution in [3.05, 3.63) is 30.1 Å². The van der Waals surface area contributed by atoms with Crippen molar-refractivity contribution < 1.29 is 14.0 Å². The van der Waals surface area contributed by atoms with Gasteiger partial charge in [0, 0.05) is 38.4 Å². The Morgan fingerprint density at radius 1 is 1.04 bits per heavy atom. The first-order valence-corrected chi connectivity index (χ1v) is 8.86. The van der Waals surface area contributed by atoms with Crippen molar-refractivity contribution in [3.63, 3.8) is 0 Å². The van der Waals surface area contributed by atoms with Crippen LogP contribution in [0.3, 0.4) is 0 Å². The van der Waals surface area contributed by atoms with E-state index in [4.69, 9.17) is 5.73 Å². The third kappa shape index (κ3) is 4.28. The Hall–Kier alpha value is -2.15. The van der Waals surface area contributed by atoms with Gasteiger partial charge in [0.15, 0.2) is 0 Å². The third-order valence-corrected chi connectivity index (χ3v) is 5.07. The van der Waals surface area contributed by atoms with Crippen LogP contribution in [0.1, 0.15) is 19.3 Å². The molecule has 2 aliphatic rings. The Morgan fingerprint density at radius 3 is 2.36 bits per heavy atom. The van der Waals surface area contributed by atoms with Crippen molar-refractivity contribution >= 4 is 17.5 Å². The topological polar surface area (TPSA) is 69.9 Å². The van der Waals surface area contributed by atoms with E-state index in [1.54, 1.807) is 17.0 Å². The van der Waals surface area contributed by atoms with Crippen LogP contribution in [0.15, 0.2) is 24.3 Å². The van der Waals surface area contributed by atoms with Crippen LogP contribution in [-0.4, -0.2) is 66.9 Å². The van der Waals surface area contributed by atoms with E-state index in [1.165, 1.54) is 12.1 Å². The van der Waals surface area contributed by atoms with Gasteiger partial charge in [-0.25, -0.2) is 4.39 Å². The maximum Gasteiger partial charge on any atom is 0.240 e. The molecular formula is C18H25FN4O2. The van der Waals surface area contributed by atoms with E-state index in [1.807, 2.05) is 0 Å². The van der Waals surface area contributed by atoms with E-state index in [2.05, 4.69) is 9.80 Å². The number of amides is 2. The molecule has 2 aliphatic heterocycles. The Labute approximate surface area is 147 Å². The molecule has 0 radical (unpaired) electrons. The lowest BCUT2D eigenvalue weighted by Gasteiger charge is -2.38. The average molecular weight is 348 g/mol. The van der Waals surface area contributed by atoms with E-state index < -0.39 is 11.9 Å². The number of nitrogens with zero attached hydrogens (tertiary/aromatic N) is 3. The van der Waals surface area contributed by atoms with Crippen molar-refractivity contribution in [2.24, 2.45) is 5.73 Å². The summed E-state index contributed by atoms with van der Waals surface area (Å²) in [5.74, 6) is -0.661. The molecule has 0 aliphatic carbocycles. The lowest BCUT2D eigenvalue weighted by Crippen LogP contribution is -2.55. The summed E-state index contributed by atoms with van der Waals surface area (Å²) in [5, 5.41) is 0. The van der Waals surface area contributed by atoms with Crippen LogP contribution in [-0.2, 0) is 9.59 Å². The summed E-state index contributed by atoms with van der Waals surface area (Å²) in [7, 11) is 0. The molecular weight excluding hydrogens is 323 g/mol. The minimum absolute atomic E-state index is 0.0151. The van der Waals surface area contributed by atoms with E-state index in [0.717, 1.165) is 44.7 Å². The molecule has 0 saturated carbocycles. The van der Waals surface area contributed by atoms with E-state index >= 15 is 0 Å². The van der Waals surface area contributed by atoms with Crippen LogP contribution in [0.5, 0.6) is 0 Å². The van der Waals surface area contributed by atoms with Gasteiger partial charge in [-0.3, -0.25) is 14.5 Å². The molecule has 0 bridgehead atoms. The highest BCUT2D eigenvalue weighted by Crippen LogP contribution is 2.19. The molecule has 1 atom stereocenters. The molecule has 3 rings (SSSR count). The lowest BCUT2D eigenvalue weighted by molar-refractivity contribution is -0.142. The molecule has 0 unspecified atom stereocenters. The number of anilines is 1. The maximum absolute atomic E-state index is 13.0. The molecule has 25 heavy (non-hydrogen) atoms. The van der Waals surface area contributed by atoms with Crippen molar-refractivity contribution in [1.82, 2.24) is 9.80 Å². The first-order chi connectivity index (χ1) is 12.0. The van der Waals surface area contributed by atoms with Crippen LogP contribution >= 0.6 is 0 Å². The number of likely N-dealkylation sites (tertiary alicyclic amines) is 1. The molecule has 1 aromatic carbocycles. The fourth-order valence-corrected chi connectivity index (χ4v) is 3.62. The largest absolute Gasteiger partial charge is 0.369 e. The third-order valence-electron chi connectivity index (χ3n) is 5.07. The zero-order valence-corrected chi connectivity index (χ0v) is 14.4. The first kappa shape index (κ1) is 17.7. The molecule has 0 aromatic heterocycles. The molecule has 2 saturated heterocycles. The molecule has 0 spiro atoms. The van der Waals surface area contributed by atoms with Gasteiger partial charge in [0.2, 0.25) is 11.8 Å². The quantitative estimate of drug-likeness (QED) is 0.874. The molecule has 2 N–H and O–H groups in total. The zero-order chi connectivity index (χ0) is 17.8. The molecule has 136 valence electrons. The summed E-state index contributed by atoms with van der Waals surface area (Å²) in [6.07, 6.45) is 2.53. The van der Waals surface area contributed by atoms with Crippen LogP contribution in [0, 0.1) is 5.82 Å². The van der Waals surface area contributed by atoms with Crippen LogP contribution in [0.25, 0.3) is 0 Å². The second-order valence-corrected chi connectivity index (χ2v) is 6.74. The second-order valence-electron chi connectivity index (χ2n) is 6.74. The van der Waals surface area contributed by atoms with Crippen LogP contribution in [0.2, 0.25) is 0 Å². The zero-order valence-electron chi connectivity index (χ0n) is 14.4. The van der Waals surface area contributed by atoms with Crippen molar-refractivity contribution in [1.29, 1.82) is 0 Å². The van der Waals surface area contributed by atoms with Gasteiger partial charge < -0.3 is 15.5 Å². The Balaban J connectivity index is 1.52. The monoisotopic (exact) mass is 348 g/mol. The SMILES string of the molecule is NC(=O)[C@H]1CCCCN1C(=O)CN1CCN(c2ccc(F)cc2)CC1. The van der Waals surface area contributed by atoms with E-state index in [0.29, 0.717) is 19.5 Å². The molecule has 1 aromatic rings. The van der Waals surface area contributed by atoms with Crippen molar-refractivity contribution in [3.8, 4) is 0 Å². The van der Waals surface area contributed by atoms with Crippen molar-refractivity contribution in [2.45, 2.75) is 25.3 Å². The van der Waals surface area contributed by atoms with Crippen LogP contribution in [0.4, 0.5) is 10.1 Å². The first-order valence-electron chi connectivity index (χ1n) is 8.86. The summed E-state index contributed by atoms with van der Waals surface area (Å²) in [5.41, 5.74) is 6.44. The number of piperidine rings is 1. The number of carbonyl (C=O) groups is 2. The minimum atomic E-state index is -0.457. The van der Waals surface area contributed by atoms with Gasteiger partial charge in [0.05, 0.1) is 6.54 Å². The summed E-state index contributed by atoms with van der Waals surface area (Å²) in [6, 6.07) is 6.03. The average Bonchev–Trinajstić information content (AvgIpc) is 2.63. The maximum atomic E-state index is 13.0. The number of benzene rings is 1. The number of piperazine rings is 1. The Kier molecular flexibility index (Phi) is 5.53. The molecule has 2 amide bonds. The predicted octanol–water partition coefficient (Wildman–Crippen LogP) is 0.814. The number of primary amides is 1. The number of nitrogens with two attached hydrogens (primary N) is 1. The molecule has 7 heteroatoms. The van der Waals surface area contributed by atoms with Gasteiger partial charge in [-0.15, -0.1) is 0 Å². The normalized spacial score (nSPS) is 22.0. The van der Waals surface area contributed by atoms with Gasteiger partial charge in [0.1, 0.15) is 11.9 Å². The Bertz CT molecular complexity index is 614. The number of rotatable bonds is 4. The molecule has 6 nitrogen and oxygen atoms in total. The van der Waals surface area contributed by atoms with E-state index in [9.17, 15) is 14.0 Å². The highest BCUT2D eigenvalue weighted by atomic mass is 19.1. The minimum Gasteiger partial charge on any atom is -0.369 e. The highest BCUT2D eigenvalue weighted by Gasteiger charge is 2.31. The Morgan fingerprint density at radius 2 is 1.72 bits per heavy atom. The van der Waals surface area contributed by atoms with Crippen molar-refractivity contribution in [2.75, 3.05) is 44.2 Å². The smallest absolute Gasteiger partial charge is 0.240 e. The van der Waals surface area contributed by atoms with E-state index in [-0.39, 0.29) is 11.7 Å². The number of carbonyl (C=O) groups excluding carboxylic acids is 2. The standard InChI is InChI=1S/C18H25FN4O2/c19-14-4-6-15(7-5-14)22-11-9-21(10-12-22)13-17(24)23-8-2-1-3-16(23)18(20)25/h4-7,16H,1-3,8-13H2,(H2,20,25)/t16-/m1/s1. The second kappa shape index (κ2) is 7.82. The summed E-state index contributed by atoms with van der Waals surface area (Å²) in [4.78, 5) is 30.1.